The molecule has 2 rings (SSSR count). The maximum absolute atomic E-state index is 13.8. The molecule has 0 spiro atoms. The van der Waals surface area contributed by atoms with Gasteiger partial charge in [-0.25, -0.2) is 4.98 Å². The molecule has 0 amide bonds. The van der Waals surface area contributed by atoms with Gasteiger partial charge in [-0.15, -0.1) is 0 Å². The minimum absolute atomic E-state index is 0.128. The fourth-order valence-corrected chi connectivity index (χ4v) is 2.04. The first-order valence-electron chi connectivity index (χ1n) is 5.29. The normalized spacial score (nSPS) is 10.5. The third-order valence-electron chi connectivity index (χ3n) is 2.54. The predicted molar refractivity (Wildman–Crippen MR) is 71.0 cm³/mol. The van der Waals surface area contributed by atoms with Crippen LogP contribution in [-0.2, 0) is 11.2 Å². The van der Waals surface area contributed by atoms with Crippen LogP contribution in [-0.4, -0.2) is 16.1 Å². The number of carboxylic acids is 1. The summed E-state index contributed by atoms with van der Waals surface area (Å²) in [6.45, 7) is 0. The molecule has 1 N–H and O–H groups in total. The summed E-state index contributed by atoms with van der Waals surface area (Å²) in [6, 6.07) is 6.04. The first-order chi connectivity index (χ1) is 8.99. The average molecular weight is 300 g/mol. The number of carboxylic acid groups (broad SMARTS) is 1. The second-order valence-corrected chi connectivity index (χ2v) is 4.65. The van der Waals surface area contributed by atoms with E-state index in [1.54, 1.807) is 6.07 Å². The van der Waals surface area contributed by atoms with Gasteiger partial charge in [0.2, 0.25) is 5.95 Å². The van der Waals surface area contributed by atoms with E-state index in [0.717, 1.165) is 0 Å². The van der Waals surface area contributed by atoms with E-state index in [-0.39, 0.29) is 17.0 Å². The number of aromatic nitrogens is 1. The molecule has 0 unspecified atom stereocenters. The Morgan fingerprint density at radius 3 is 2.63 bits per heavy atom. The number of halogens is 3. The Hall–Kier alpha value is -1.65. The van der Waals surface area contributed by atoms with E-state index in [2.05, 4.69) is 4.98 Å². The van der Waals surface area contributed by atoms with Crippen molar-refractivity contribution in [2.75, 3.05) is 0 Å². The lowest BCUT2D eigenvalue weighted by molar-refractivity contribution is -0.136. The lowest BCUT2D eigenvalue weighted by atomic mass is 9.99. The van der Waals surface area contributed by atoms with Crippen LogP contribution in [0.25, 0.3) is 11.1 Å². The van der Waals surface area contributed by atoms with Crippen LogP contribution in [0.15, 0.2) is 30.5 Å². The molecule has 0 aliphatic heterocycles. The molecule has 0 aliphatic carbocycles. The molecule has 98 valence electrons. The van der Waals surface area contributed by atoms with Gasteiger partial charge in [-0.05, 0) is 29.3 Å². The Kier molecular flexibility index (Phi) is 4.02. The quantitative estimate of drug-likeness (QED) is 0.877. The average Bonchev–Trinajstić information content (AvgIpc) is 2.32. The topological polar surface area (TPSA) is 50.2 Å². The molecule has 6 heteroatoms. The molecule has 3 nitrogen and oxygen atoms in total. The lowest BCUT2D eigenvalue weighted by Gasteiger charge is -2.09. The molecule has 1 heterocycles. The molecule has 2 aromatic rings. The minimum Gasteiger partial charge on any atom is -0.481 e. The molecule has 19 heavy (non-hydrogen) atoms. The standard InChI is InChI=1S/C13H8Cl2FNO2/c14-9-2-1-7(5-10(9)15)12-8(6-11(18)19)3-4-17-13(12)16/h1-5H,6H2,(H,18,19). The molecular formula is C13H8Cl2FNO2. The Morgan fingerprint density at radius 2 is 2.00 bits per heavy atom. The van der Waals surface area contributed by atoms with E-state index in [0.29, 0.717) is 16.1 Å². The van der Waals surface area contributed by atoms with Gasteiger partial charge in [0.15, 0.2) is 0 Å². The Balaban J connectivity index is 2.59. The second-order valence-electron chi connectivity index (χ2n) is 3.84. The monoisotopic (exact) mass is 299 g/mol. The maximum atomic E-state index is 13.8. The summed E-state index contributed by atoms with van der Waals surface area (Å²) in [6.07, 6.45) is 0.934. The molecule has 0 bridgehead atoms. The fourth-order valence-electron chi connectivity index (χ4n) is 1.74. The summed E-state index contributed by atoms with van der Waals surface area (Å²) < 4.78 is 13.8. The van der Waals surface area contributed by atoms with E-state index in [4.69, 9.17) is 28.3 Å². The van der Waals surface area contributed by atoms with Crippen LogP contribution >= 0.6 is 23.2 Å². The van der Waals surface area contributed by atoms with Crippen molar-refractivity contribution in [2.24, 2.45) is 0 Å². The summed E-state index contributed by atoms with van der Waals surface area (Å²) >= 11 is 11.7. The van der Waals surface area contributed by atoms with Gasteiger partial charge in [0.25, 0.3) is 0 Å². The van der Waals surface area contributed by atoms with E-state index >= 15 is 0 Å². The van der Waals surface area contributed by atoms with Gasteiger partial charge in [0.1, 0.15) is 0 Å². The van der Waals surface area contributed by atoms with Gasteiger partial charge in [0.05, 0.1) is 16.5 Å². The van der Waals surface area contributed by atoms with Crippen molar-refractivity contribution in [1.29, 1.82) is 0 Å². The first-order valence-corrected chi connectivity index (χ1v) is 6.05. The van der Waals surface area contributed by atoms with Crippen LogP contribution in [0.1, 0.15) is 5.56 Å². The smallest absolute Gasteiger partial charge is 0.307 e. The van der Waals surface area contributed by atoms with E-state index < -0.39 is 11.9 Å². The zero-order valence-corrected chi connectivity index (χ0v) is 11.0. The fraction of sp³-hybridized carbons (Fsp3) is 0.0769. The SMILES string of the molecule is O=C(O)Cc1ccnc(F)c1-c1ccc(Cl)c(Cl)c1. The van der Waals surface area contributed by atoms with Crippen molar-refractivity contribution >= 4 is 29.2 Å². The second kappa shape index (κ2) is 5.55. The summed E-state index contributed by atoms with van der Waals surface area (Å²) in [7, 11) is 0. The highest BCUT2D eigenvalue weighted by Gasteiger charge is 2.15. The van der Waals surface area contributed by atoms with Crippen LogP contribution in [0.3, 0.4) is 0 Å². The molecule has 1 aromatic carbocycles. The number of carbonyl (C=O) groups is 1. The lowest BCUT2D eigenvalue weighted by Crippen LogP contribution is -2.04. The molecule has 1 aromatic heterocycles. The zero-order chi connectivity index (χ0) is 14.0. The van der Waals surface area contributed by atoms with Crippen LogP contribution in [0, 0.1) is 5.95 Å². The minimum atomic E-state index is -1.05. The molecule has 0 saturated heterocycles. The van der Waals surface area contributed by atoms with Crippen LogP contribution in [0.5, 0.6) is 0 Å². The van der Waals surface area contributed by atoms with E-state index in [1.807, 2.05) is 0 Å². The first kappa shape index (κ1) is 13.8. The van der Waals surface area contributed by atoms with Crippen molar-refractivity contribution in [1.82, 2.24) is 4.98 Å². The molecular weight excluding hydrogens is 292 g/mol. The predicted octanol–water partition coefficient (Wildman–Crippen LogP) is 3.82. The number of rotatable bonds is 3. The highest BCUT2D eigenvalue weighted by molar-refractivity contribution is 6.42. The summed E-state index contributed by atoms with van der Waals surface area (Å²) in [5.41, 5.74) is 0.901. The van der Waals surface area contributed by atoms with Crippen molar-refractivity contribution in [2.45, 2.75) is 6.42 Å². The van der Waals surface area contributed by atoms with Crippen molar-refractivity contribution in [3.63, 3.8) is 0 Å². The van der Waals surface area contributed by atoms with Gasteiger partial charge in [-0.2, -0.15) is 4.39 Å². The molecule has 0 aliphatic rings. The van der Waals surface area contributed by atoms with Gasteiger partial charge in [0, 0.05) is 11.8 Å². The van der Waals surface area contributed by atoms with Gasteiger partial charge in [-0.1, -0.05) is 29.3 Å². The number of pyridine rings is 1. The number of nitrogens with zero attached hydrogens (tertiary/aromatic N) is 1. The highest BCUT2D eigenvalue weighted by atomic mass is 35.5. The zero-order valence-electron chi connectivity index (χ0n) is 9.53. The molecule has 0 atom stereocenters. The summed E-state index contributed by atoms with van der Waals surface area (Å²) in [5, 5.41) is 9.45. The van der Waals surface area contributed by atoms with E-state index in [1.165, 1.54) is 24.4 Å². The number of hydrogen-bond acceptors (Lipinski definition) is 2. The van der Waals surface area contributed by atoms with Crippen molar-refractivity contribution in [3.8, 4) is 11.1 Å². The van der Waals surface area contributed by atoms with Gasteiger partial charge in [-0.3, -0.25) is 4.79 Å². The molecule has 0 radical (unpaired) electrons. The van der Waals surface area contributed by atoms with Crippen LogP contribution in [0.4, 0.5) is 4.39 Å². The third kappa shape index (κ3) is 3.03. The van der Waals surface area contributed by atoms with Crippen LogP contribution in [0.2, 0.25) is 10.0 Å². The van der Waals surface area contributed by atoms with Crippen molar-refractivity contribution in [3.05, 3.63) is 52.0 Å². The highest BCUT2D eigenvalue weighted by Crippen LogP contribution is 2.31. The Labute approximate surface area is 118 Å². The maximum Gasteiger partial charge on any atom is 0.307 e. The third-order valence-corrected chi connectivity index (χ3v) is 3.28. The largest absolute Gasteiger partial charge is 0.481 e. The number of aliphatic carboxylic acids is 1. The van der Waals surface area contributed by atoms with E-state index in [9.17, 15) is 9.18 Å². The number of hydrogen-bond donors (Lipinski definition) is 1. The Bertz CT molecular complexity index is 647. The Morgan fingerprint density at radius 1 is 1.26 bits per heavy atom. The molecule has 0 fully saturated rings. The number of benzene rings is 1. The van der Waals surface area contributed by atoms with Gasteiger partial charge >= 0.3 is 5.97 Å². The summed E-state index contributed by atoms with van der Waals surface area (Å²) in [5.74, 6) is -1.79. The van der Waals surface area contributed by atoms with Crippen LogP contribution < -0.4 is 0 Å². The summed E-state index contributed by atoms with van der Waals surface area (Å²) in [4.78, 5) is 14.3. The van der Waals surface area contributed by atoms with Crippen molar-refractivity contribution < 1.29 is 14.3 Å². The molecule has 0 saturated carbocycles. The van der Waals surface area contributed by atoms with Gasteiger partial charge < -0.3 is 5.11 Å².